The Balaban J connectivity index is 1.58. The van der Waals surface area contributed by atoms with Gasteiger partial charge in [-0.3, -0.25) is 9.59 Å². The molecule has 2 amide bonds. The van der Waals surface area contributed by atoms with Gasteiger partial charge in [0.25, 0.3) is 5.91 Å². The molecule has 7 nitrogen and oxygen atoms in total. The van der Waals surface area contributed by atoms with Crippen molar-refractivity contribution in [2.45, 2.75) is 19.3 Å². The standard InChI is InChI=1S/C17H20N4O3S/c22-15-12-25-17(19-15)20-18-10-13-6-2-3-7-14(13)24-11-16(23)21-8-4-1-5-9-21/h2-3,6-7,10H,1,4-5,8-9,11-12H2,(H,19,20,22). The molecular formula is C17H20N4O3S. The zero-order chi connectivity index (χ0) is 17.5. The Hall–Kier alpha value is -2.35. The lowest BCUT2D eigenvalue weighted by Gasteiger charge is -2.26. The summed E-state index contributed by atoms with van der Waals surface area (Å²) >= 11 is 1.31. The minimum atomic E-state index is -0.0705. The predicted octanol–water partition coefficient (Wildman–Crippen LogP) is 1.63. The molecule has 2 aliphatic rings. The first kappa shape index (κ1) is 17.5. The third-order valence-electron chi connectivity index (χ3n) is 3.91. The number of hydrogen-bond acceptors (Lipinski definition) is 6. The molecule has 25 heavy (non-hydrogen) atoms. The molecule has 2 aliphatic heterocycles. The molecule has 1 aromatic carbocycles. The van der Waals surface area contributed by atoms with Crippen molar-refractivity contribution in [1.29, 1.82) is 0 Å². The fourth-order valence-corrected chi connectivity index (χ4v) is 3.25. The maximum Gasteiger partial charge on any atom is 0.260 e. The van der Waals surface area contributed by atoms with Crippen molar-refractivity contribution in [1.82, 2.24) is 10.2 Å². The molecule has 3 rings (SSSR count). The second kappa shape index (κ2) is 8.66. The van der Waals surface area contributed by atoms with Crippen LogP contribution in [0, 0.1) is 0 Å². The summed E-state index contributed by atoms with van der Waals surface area (Å²) < 4.78 is 5.69. The Labute approximate surface area is 150 Å². The largest absolute Gasteiger partial charge is 0.483 e. The third kappa shape index (κ3) is 5.06. The van der Waals surface area contributed by atoms with E-state index in [-0.39, 0.29) is 18.4 Å². The molecule has 1 aromatic rings. The molecule has 0 aromatic heterocycles. The van der Waals surface area contributed by atoms with Crippen molar-refractivity contribution >= 4 is 35.0 Å². The maximum atomic E-state index is 12.2. The van der Waals surface area contributed by atoms with Crippen molar-refractivity contribution < 1.29 is 14.3 Å². The minimum Gasteiger partial charge on any atom is -0.483 e. The van der Waals surface area contributed by atoms with Crippen molar-refractivity contribution in [3.8, 4) is 5.75 Å². The van der Waals surface area contributed by atoms with Crippen LogP contribution >= 0.6 is 11.8 Å². The van der Waals surface area contributed by atoms with Gasteiger partial charge in [0, 0.05) is 18.7 Å². The Bertz CT molecular complexity index is 699. The number of para-hydroxylation sites is 1. The quantitative estimate of drug-likeness (QED) is 0.639. The van der Waals surface area contributed by atoms with Crippen molar-refractivity contribution in [3.05, 3.63) is 29.8 Å². The van der Waals surface area contributed by atoms with Crippen LogP contribution in [0.4, 0.5) is 0 Å². The molecule has 0 radical (unpaired) electrons. The highest BCUT2D eigenvalue weighted by atomic mass is 32.2. The Morgan fingerprint density at radius 3 is 2.84 bits per heavy atom. The molecule has 0 atom stereocenters. The van der Waals surface area contributed by atoms with Crippen molar-refractivity contribution in [3.63, 3.8) is 0 Å². The Kier molecular flexibility index (Phi) is 6.05. The summed E-state index contributed by atoms with van der Waals surface area (Å²) in [5.41, 5.74) is 0.729. The van der Waals surface area contributed by atoms with Gasteiger partial charge < -0.3 is 15.0 Å². The van der Waals surface area contributed by atoms with Gasteiger partial charge in [-0.15, -0.1) is 5.10 Å². The SMILES string of the molecule is O=C1CSC(=NN=Cc2ccccc2OCC(=O)N2CCCCC2)N1. The van der Waals surface area contributed by atoms with E-state index in [1.165, 1.54) is 18.2 Å². The molecule has 0 saturated carbocycles. The van der Waals surface area contributed by atoms with Gasteiger partial charge in [0.05, 0.1) is 12.0 Å². The molecule has 2 heterocycles. The van der Waals surface area contributed by atoms with Gasteiger partial charge in [0.2, 0.25) is 5.91 Å². The van der Waals surface area contributed by atoms with Gasteiger partial charge in [0.1, 0.15) is 5.75 Å². The molecule has 0 bridgehead atoms. The van der Waals surface area contributed by atoms with E-state index >= 15 is 0 Å². The third-order valence-corrected chi connectivity index (χ3v) is 4.77. The molecule has 2 saturated heterocycles. The van der Waals surface area contributed by atoms with Gasteiger partial charge in [0.15, 0.2) is 11.8 Å². The van der Waals surface area contributed by atoms with Crippen molar-refractivity contribution in [2.24, 2.45) is 10.2 Å². The van der Waals surface area contributed by atoms with Crippen LogP contribution in [0.15, 0.2) is 34.5 Å². The average Bonchev–Trinajstić information content (AvgIpc) is 3.06. The smallest absolute Gasteiger partial charge is 0.260 e. The summed E-state index contributed by atoms with van der Waals surface area (Å²) in [6.45, 7) is 1.64. The molecular weight excluding hydrogens is 340 g/mol. The number of carbonyl (C=O) groups excluding carboxylic acids is 2. The lowest BCUT2D eigenvalue weighted by Crippen LogP contribution is -2.38. The number of nitrogens with zero attached hydrogens (tertiary/aromatic N) is 3. The number of benzene rings is 1. The first-order valence-electron chi connectivity index (χ1n) is 8.25. The number of likely N-dealkylation sites (tertiary alicyclic amines) is 1. The van der Waals surface area contributed by atoms with Gasteiger partial charge in [-0.25, -0.2) is 0 Å². The number of amides is 2. The van der Waals surface area contributed by atoms with E-state index in [9.17, 15) is 9.59 Å². The van der Waals surface area contributed by atoms with Gasteiger partial charge in [-0.05, 0) is 31.4 Å². The normalized spacial score (nSPS) is 19.4. The summed E-state index contributed by atoms with van der Waals surface area (Å²) in [7, 11) is 0. The Morgan fingerprint density at radius 2 is 2.08 bits per heavy atom. The van der Waals surface area contributed by atoms with Crippen LogP contribution in [0.5, 0.6) is 5.75 Å². The van der Waals surface area contributed by atoms with Crippen LogP contribution in [-0.2, 0) is 9.59 Å². The second-order valence-electron chi connectivity index (χ2n) is 5.75. The van der Waals surface area contributed by atoms with E-state index in [1.54, 1.807) is 12.3 Å². The summed E-state index contributed by atoms with van der Waals surface area (Å²) in [6.07, 6.45) is 4.86. The maximum absolute atomic E-state index is 12.2. The number of thioether (sulfide) groups is 1. The molecule has 8 heteroatoms. The topological polar surface area (TPSA) is 83.4 Å². The first-order chi connectivity index (χ1) is 12.2. The highest BCUT2D eigenvalue weighted by Gasteiger charge is 2.17. The van der Waals surface area contributed by atoms with Crippen molar-refractivity contribution in [2.75, 3.05) is 25.4 Å². The van der Waals surface area contributed by atoms with Gasteiger partial charge in [-0.2, -0.15) is 5.10 Å². The molecule has 1 N–H and O–H groups in total. The van der Waals surface area contributed by atoms with Gasteiger partial charge >= 0.3 is 0 Å². The van der Waals surface area contributed by atoms with Crippen LogP contribution in [0.1, 0.15) is 24.8 Å². The summed E-state index contributed by atoms with van der Waals surface area (Å²) in [5, 5.41) is 11.0. The zero-order valence-electron chi connectivity index (χ0n) is 13.8. The molecule has 0 spiro atoms. The number of rotatable bonds is 5. The van der Waals surface area contributed by atoms with Crippen LogP contribution in [0.25, 0.3) is 0 Å². The molecule has 132 valence electrons. The lowest BCUT2D eigenvalue weighted by atomic mass is 10.1. The number of hydrogen-bond donors (Lipinski definition) is 1. The predicted molar refractivity (Wildman–Crippen MR) is 98.0 cm³/mol. The van der Waals surface area contributed by atoms with Crippen LogP contribution < -0.4 is 10.1 Å². The molecule has 2 fully saturated rings. The van der Waals surface area contributed by atoms with Crippen LogP contribution in [0.3, 0.4) is 0 Å². The van der Waals surface area contributed by atoms with Crippen LogP contribution in [0.2, 0.25) is 0 Å². The van der Waals surface area contributed by atoms with E-state index in [0.29, 0.717) is 16.7 Å². The highest BCUT2D eigenvalue weighted by Crippen LogP contribution is 2.17. The van der Waals surface area contributed by atoms with E-state index < -0.39 is 0 Å². The van der Waals surface area contributed by atoms with Crippen LogP contribution in [-0.4, -0.2) is 53.5 Å². The average molecular weight is 360 g/mol. The summed E-state index contributed by atoms with van der Waals surface area (Å²) in [6, 6.07) is 7.34. The van der Waals surface area contributed by atoms with E-state index in [0.717, 1.165) is 31.5 Å². The fraction of sp³-hybridized carbons (Fsp3) is 0.412. The number of carbonyl (C=O) groups is 2. The fourth-order valence-electron chi connectivity index (χ4n) is 2.62. The number of piperidine rings is 1. The number of nitrogens with one attached hydrogen (secondary N) is 1. The summed E-state index contributed by atoms with van der Waals surface area (Å²) in [5.74, 6) is 0.891. The van der Waals surface area contributed by atoms with E-state index in [2.05, 4.69) is 15.5 Å². The van der Waals surface area contributed by atoms with E-state index in [4.69, 9.17) is 4.74 Å². The number of amidine groups is 1. The molecule has 0 unspecified atom stereocenters. The molecule has 0 aliphatic carbocycles. The number of ether oxygens (including phenoxy) is 1. The Morgan fingerprint density at radius 1 is 1.28 bits per heavy atom. The first-order valence-corrected chi connectivity index (χ1v) is 9.24. The van der Waals surface area contributed by atoms with Gasteiger partial charge in [-0.1, -0.05) is 23.9 Å². The summed E-state index contributed by atoms with van der Waals surface area (Å²) in [4.78, 5) is 25.2. The second-order valence-corrected chi connectivity index (χ2v) is 6.72. The highest BCUT2D eigenvalue weighted by molar-refractivity contribution is 8.15. The van der Waals surface area contributed by atoms with E-state index in [1.807, 2.05) is 23.1 Å². The monoisotopic (exact) mass is 360 g/mol. The zero-order valence-corrected chi connectivity index (χ0v) is 14.6. The lowest BCUT2D eigenvalue weighted by molar-refractivity contribution is -0.134. The minimum absolute atomic E-state index is 0.0109.